The summed E-state index contributed by atoms with van der Waals surface area (Å²) in [4.78, 5) is 11.8. The fourth-order valence-corrected chi connectivity index (χ4v) is 4.72. The number of hydrogen-bond donors (Lipinski definition) is 2. The average molecular weight is 455 g/mol. The van der Waals surface area contributed by atoms with Gasteiger partial charge < -0.3 is 15.3 Å². The molecule has 0 bridgehead atoms. The third kappa shape index (κ3) is 4.21. The van der Waals surface area contributed by atoms with Gasteiger partial charge in [-0.2, -0.15) is 5.10 Å². The third-order valence-corrected chi connectivity index (χ3v) is 6.42. The summed E-state index contributed by atoms with van der Waals surface area (Å²) in [6.07, 6.45) is 8.51. The molecular weight excluding hydrogens is 424 g/mol. The van der Waals surface area contributed by atoms with Gasteiger partial charge in [0.15, 0.2) is 5.65 Å². The molecule has 2 N–H and O–H groups in total. The van der Waals surface area contributed by atoms with Crippen molar-refractivity contribution in [1.82, 2.24) is 19.6 Å². The molecule has 0 spiro atoms. The summed E-state index contributed by atoms with van der Waals surface area (Å²) >= 11 is 0. The van der Waals surface area contributed by atoms with Crippen LogP contribution in [0.3, 0.4) is 0 Å². The van der Waals surface area contributed by atoms with Crippen molar-refractivity contribution in [1.29, 1.82) is 0 Å². The molecule has 1 aliphatic rings. The van der Waals surface area contributed by atoms with Crippen molar-refractivity contribution in [2.24, 2.45) is 0 Å². The Morgan fingerprint density at radius 1 is 1.12 bits per heavy atom. The highest BCUT2D eigenvalue weighted by molar-refractivity contribution is 5.78. The molecule has 1 aliphatic heterocycles. The van der Waals surface area contributed by atoms with Gasteiger partial charge in [-0.15, -0.1) is 0 Å². The van der Waals surface area contributed by atoms with Gasteiger partial charge in [-0.05, 0) is 63.5 Å². The molecule has 4 aromatic rings. The lowest BCUT2D eigenvalue weighted by Crippen LogP contribution is -2.33. The molecule has 0 aliphatic carbocycles. The van der Waals surface area contributed by atoms with Gasteiger partial charge in [-0.3, -0.25) is 0 Å². The number of anilines is 3. The summed E-state index contributed by atoms with van der Waals surface area (Å²) in [5.41, 5.74) is 4.00. The Morgan fingerprint density at radius 3 is 2.71 bits per heavy atom. The van der Waals surface area contributed by atoms with Crippen molar-refractivity contribution in [3.8, 4) is 11.3 Å². The van der Waals surface area contributed by atoms with Crippen LogP contribution >= 0.6 is 0 Å². The van der Waals surface area contributed by atoms with E-state index in [1.54, 1.807) is 16.8 Å². The number of benzene rings is 1. The van der Waals surface area contributed by atoms with Gasteiger partial charge in [-0.1, -0.05) is 31.2 Å². The van der Waals surface area contributed by atoms with Gasteiger partial charge in [-0.25, -0.2) is 14.5 Å². The van der Waals surface area contributed by atoms with E-state index in [9.17, 15) is 5.11 Å². The largest absolute Gasteiger partial charge is 0.508 e. The maximum atomic E-state index is 10.3. The van der Waals surface area contributed by atoms with Crippen LogP contribution in [-0.4, -0.2) is 36.8 Å². The standard InChI is InChI=1S/C27H30N6O/c1-4-7-24(34)21-9-5-8-20(16-21)22-17-23(27-28-14-15-32(27)31-22)29-25-10-6-11-26(30-25)33-18(2)12-13-19(33)3/h5-11,14-19,34H,4,12-13H2,1-3H3,(H,29,30)/b24-7+. The molecule has 7 heteroatoms. The molecule has 0 radical (unpaired) electrons. The Labute approximate surface area is 199 Å². The number of hydrogen-bond acceptors (Lipinski definition) is 6. The van der Waals surface area contributed by atoms with Crippen LogP contribution in [0.15, 0.2) is 67.0 Å². The number of nitrogens with zero attached hydrogens (tertiary/aromatic N) is 5. The van der Waals surface area contributed by atoms with E-state index in [0.29, 0.717) is 12.1 Å². The quantitative estimate of drug-likeness (QED) is 0.337. The second-order valence-electron chi connectivity index (χ2n) is 8.91. The number of fused-ring (bicyclic) bond motifs is 1. The summed E-state index contributed by atoms with van der Waals surface area (Å²) in [6.45, 7) is 6.52. The minimum absolute atomic E-state index is 0.276. The normalized spacial score (nSPS) is 18.6. The highest BCUT2D eigenvalue weighted by Gasteiger charge is 2.28. The zero-order chi connectivity index (χ0) is 23.7. The first-order chi connectivity index (χ1) is 16.5. The minimum Gasteiger partial charge on any atom is -0.508 e. The van der Waals surface area contributed by atoms with Gasteiger partial charge in [0.05, 0.1) is 11.4 Å². The zero-order valence-corrected chi connectivity index (χ0v) is 19.8. The molecule has 2 unspecified atom stereocenters. The van der Waals surface area contributed by atoms with E-state index in [4.69, 9.17) is 10.1 Å². The highest BCUT2D eigenvalue weighted by atomic mass is 16.3. The lowest BCUT2D eigenvalue weighted by atomic mass is 10.1. The Kier molecular flexibility index (Phi) is 5.92. The van der Waals surface area contributed by atoms with E-state index < -0.39 is 0 Å². The van der Waals surface area contributed by atoms with Gasteiger partial charge in [0, 0.05) is 35.6 Å². The first kappa shape index (κ1) is 21.9. The second kappa shape index (κ2) is 9.17. The Bertz CT molecular complexity index is 1330. The summed E-state index contributed by atoms with van der Waals surface area (Å²) in [5.74, 6) is 2.03. The molecule has 34 heavy (non-hydrogen) atoms. The van der Waals surface area contributed by atoms with E-state index in [2.05, 4.69) is 35.1 Å². The predicted octanol–water partition coefficient (Wildman–Crippen LogP) is 6.22. The van der Waals surface area contributed by atoms with Gasteiger partial charge in [0.1, 0.15) is 17.4 Å². The van der Waals surface area contributed by atoms with Crippen LogP contribution in [0.2, 0.25) is 0 Å². The van der Waals surface area contributed by atoms with Crippen LogP contribution in [0.4, 0.5) is 17.3 Å². The van der Waals surface area contributed by atoms with Crippen LogP contribution < -0.4 is 10.2 Å². The fraction of sp³-hybridized carbons (Fsp3) is 0.296. The van der Waals surface area contributed by atoms with E-state index in [1.165, 1.54) is 12.8 Å². The Hall–Kier alpha value is -3.87. The first-order valence-electron chi connectivity index (χ1n) is 11.9. The van der Waals surface area contributed by atoms with Gasteiger partial charge in [0.2, 0.25) is 0 Å². The summed E-state index contributed by atoms with van der Waals surface area (Å²) in [5, 5.41) is 18.5. The maximum Gasteiger partial charge on any atom is 0.177 e. The lowest BCUT2D eigenvalue weighted by Gasteiger charge is -2.27. The smallest absolute Gasteiger partial charge is 0.177 e. The molecule has 174 valence electrons. The number of aromatic nitrogens is 4. The van der Waals surface area contributed by atoms with E-state index >= 15 is 0 Å². The summed E-state index contributed by atoms with van der Waals surface area (Å²) in [7, 11) is 0. The molecule has 0 saturated carbocycles. The molecule has 2 atom stereocenters. The number of nitrogens with one attached hydrogen (secondary N) is 1. The van der Waals surface area contributed by atoms with E-state index in [0.717, 1.165) is 46.2 Å². The highest BCUT2D eigenvalue weighted by Crippen LogP contribution is 2.31. The molecule has 1 saturated heterocycles. The number of rotatable bonds is 6. The van der Waals surface area contributed by atoms with Crippen molar-refractivity contribution < 1.29 is 5.11 Å². The zero-order valence-electron chi connectivity index (χ0n) is 19.8. The van der Waals surface area contributed by atoms with Crippen molar-refractivity contribution in [2.75, 3.05) is 10.2 Å². The molecule has 3 aromatic heterocycles. The molecule has 4 heterocycles. The van der Waals surface area contributed by atoms with Gasteiger partial charge >= 0.3 is 0 Å². The number of aliphatic hydroxyl groups is 1. The van der Waals surface area contributed by atoms with E-state index in [-0.39, 0.29) is 5.76 Å². The molecule has 1 fully saturated rings. The average Bonchev–Trinajstić information content (AvgIpc) is 3.45. The molecular formula is C27H30N6O. The monoisotopic (exact) mass is 454 g/mol. The van der Waals surface area contributed by atoms with Crippen molar-refractivity contribution in [3.05, 3.63) is 72.6 Å². The molecule has 0 amide bonds. The second-order valence-corrected chi connectivity index (χ2v) is 8.91. The number of allylic oxidation sites excluding steroid dienone is 1. The predicted molar refractivity (Wildman–Crippen MR) is 137 cm³/mol. The number of aliphatic hydroxyl groups excluding tert-OH is 1. The van der Waals surface area contributed by atoms with Crippen molar-refractivity contribution >= 4 is 28.7 Å². The third-order valence-electron chi connectivity index (χ3n) is 6.42. The van der Waals surface area contributed by atoms with Gasteiger partial charge in [0.25, 0.3) is 0 Å². The SMILES string of the molecule is CC/C=C(/O)c1cccc(-c2cc(Nc3cccc(N4C(C)CCC4C)n3)c3nccn3n2)c1. The summed E-state index contributed by atoms with van der Waals surface area (Å²) < 4.78 is 1.76. The molecule has 7 nitrogen and oxygen atoms in total. The summed E-state index contributed by atoms with van der Waals surface area (Å²) in [6, 6.07) is 16.8. The van der Waals surface area contributed by atoms with Crippen LogP contribution in [0.25, 0.3) is 22.7 Å². The Morgan fingerprint density at radius 2 is 1.91 bits per heavy atom. The number of imidazole rings is 1. The van der Waals surface area contributed by atoms with Crippen molar-refractivity contribution in [2.45, 2.75) is 52.1 Å². The molecule has 5 rings (SSSR count). The fourth-order valence-electron chi connectivity index (χ4n) is 4.72. The first-order valence-corrected chi connectivity index (χ1v) is 11.9. The van der Waals surface area contributed by atoms with Crippen LogP contribution in [0, 0.1) is 0 Å². The van der Waals surface area contributed by atoms with Crippen molar-refractivity contribution in [3.63, 3.8) is 0 Å². The number of pyridine rings is 1. The topological polar surface area (TPSA) is 78.6 Å². The molecule has 1 aromatic carbocycles. The van der Waals surface area contributed by atoms with Crippen LogP contribution in [0.5, 0.6) is 0 Å². The Balaban J connectivity index is 1.51. The van der Waals surface area contributed by atoms with E-state index in [1.807, 2.05) is 55.6 Å². The van der Waals surface area contributed by atoms with Crippen LogP contribution in [0.1, 0.15) is 45.6 Å². The minimum atomic E-state index is 0.276. The van der Waals surface area contributed by atoms with Crippen LogP contribution in [-0.2, 0) is 0 Å². The maximum absolute atomic E-state index is 10.3. The lowest BCUT2D eigenvalue weighted by molar-refractivity contribution is 0.509.